The number of hydrogen-bond donors (Lipinski definition) is 0. The Morgan fingerprint density at radius 3 is 2.71 bits per heavy atom. The van der Waals surface area contributed by atoms with Gasteiger partial charge in [0.05, 0.1) is 37.1 Å². The number of aromatic nitrogens is 1. The Bertz CT molecular complexity index is 1090. The molecule has 1 heterocycles. The zero-order valence-electron chi connectivity index (χ0n) is 17.6. The zero-order chi connectivity index (χ0) is 22.1. The second-order valence-electron chi connectivity index (χ2n) is 6.71. The number of methoxy groups -OCH3 is 1. The van der Waals surface area contributed by atoms with Gasteiger partial charge in [-0.2, -0.15) is 5.26 Å². The molecule has 0 atom stereocenters. The number of ether oxygens (including phenoxy) is 3. The SMILES string of the molecule is CCOC(=O)c1cccnc1-c1ccc(OCCCc2ccccc2OC)c(C#N)c1. The van der Waals surface area contributed by atoms with Crippen LogP contribution >= 0.6 is 0 Å². The first-order valence-corrected chi connectivity index (χ1v) is 10.1. The molecule has 0 aliphatic carbocycles. The second kappa shape index (κ2) is 10.8. The molecular formula is C25H24N2O4. The first-order chi connectivity index (χ1) is 15.2. The number of carbonyl (C=O) groups excluding carboxylic acids is 1. The van der Waals surface area contributed by atoms with Crippen LogP contribution in [0.3, 0.4) is 0 Å². The van der Waals surface area contributed by atoms with Gasteiger partial charge < -0.3 is 14.2 Å². The molecule has 3 aromatic rings. The maximum atomic E-state index is 12.2. The highest BCUT2D eigenvalue weighted by Gasteiger charge is 2.16. The van der Waals surface area contributed by atoms with E-state index in [0.29, 0.717) is 34.7 Å². The van der Waals surface area contributed by atoms with E-state index in [1.54, 1.807) is 50.6 Å². The van der Waals surface area contributed by atoms with E-state index in [-0.39, 0.29) is 6.61 Å². The van der Waals surface area contributed by atoms with Crippen molar-refractivity contribution < 1.29 is 19.0 Å². The van der Waals surface area contributed by atoms with Crippen LogP contribution in [0.15, 0.2) is 60.8 Å². The van der Waals surface area contributed by atoms with Crippen LogP contribution in [0.4, 0.5) is 0 Å². The van der Waals surface area contributed by atoms with Gasteiger partial charge in [-0.15, -0.1) is 0 Å². The minimum Gasteiger partial charge on any atom is -0.496 e. The average Bonchev–Trinajstić information content (AvgIpc) is 2.82. The van der Waals surface area contributed by atoms with Gasteiger partial charge in [-0.25, -0.2) is 4.79 Å². The van der Waals surface area contributed by atoms with Crippen LogP contribution in [0.5, 0.6) is 11.5 Å². The van der Waals surface area contributed by atoms with Gasteiger partial charge in [0.15, 0.2) is 0 Å². The molecule has 6 heteroatoms. The van der Waals surface area contributed by atoms with Gasteiger partial charge in [-0.05, 0) is 61.7 Å². The molecule has 0 unspecified atom stereocenters. The lowest BCUT2D eigenvalue weighted by Crippen LogP contribution is -2.07. The molecule has 0 radical (unpaired) electrons. The van der Waals surface area contributed by atoms with Crippen molar-refractivity contribution in [2.75, 3.05) is 20.3 Å². The maximum absolute atomic E-state index is 12.2. The molecule has 31 heavy (non-hydrogen) atoms. The maximum Gasteiger partial charge on any atom is 0.340 e. The Hall–Kier alpha value is -3.85. The number of esters is 1. The lowest BCUT2D eigenvalue weighted by Gasteiger charge is -2.12. The molecule has 0 spiro atoms. The Balaban J connectivity index is 1.71. The van der Waals surface area contributed by atoms with Crippen molar-refractivity contribution in [3.05, 3.63) is 77.5 Å². The van der Waals surface area contributed by atoms with E-state index in [9.17, 15) is 10.1 Å². The number of benzene rings is 2. The first kappa shape index (κ1) is 21.8. The normalized spacial score (nSPS) is 10.2. The van der Waals surface area contributed by atoms with Crippen LogP contribution in [0.1, 0.15) is 34.8 Å². The number of rotatable bonds is 9. The summed E-state index contributed by atoms with van der Waals surface area (Å²) in [5.41, 5.74) is 2.99. The summed E-state index contributed by atoms with van der Waals surface area (Å²) < 4.78 is 16.3. The highest BCUT2D eigenvalue weighted by atomic mass is 16.5. The number of pyridine rings is 1. The fourth-order valence-electron chi connectivity index (χ4n) is 3.25. The van der Waals surface area contributed by atoms with Gasteiger partial charge in [-0.3, -0.25) is 4.98 Å². The van der Waals surface area contributed by atoms with E-state index in [0.717, 1.165) is 24.2 Å². The van der Waals surface area contributed by atoms with Gasteiger partial charge in [0.2, 0.25) is 0 Å². The lowest BCUT2D eigenvalue weighted by atomic mass is 10.0. The average molecular weight is 416 g/mol. The summed E-state index contributed by atoms with van der Waals surface area (Å²) in [6, 6.07) is 18.6. The second-order valence-corrected chi connectivity index (χ2v) is 6.71. The highest BCUT2D eigenvalue weighted by molar-refractivity contribution is 5.96. The summed E-state index contributed by atoms with van der Waals surface area (Å²) in [7, 11) is 1.66. The molecule has 2 aromatic carbocycles. The molecule has 6 nitrogen and oxygen atoms in total. The van der Waals surface area contributed by atoms with Crippen LogP contribution in [-0.4, -0.2) is 31.3 Å². The van der Waals surface area contributed by atoms with Crippen molar-refractivity contribution in [1.29, 1.82) is 5.26 Å². The number of hydrogen-bond acceptors (Lipinski definition) is 6. The Morgan fingerprint density at radius 1 is 1.10 bits per heavy atom. The molecular weight excluding hydrogens is 392 g/mol. The van der Waals surface area contributed by atoms with Crippen molar-refractivity contribution in [3.8, 4) is 28.8 Å². The largest absolute Gasteiger partial charge is 0.496 e. The third-order valence-corrected chi connectivity index (χ3v) is 4.72. The lowest BCUT2D eigenvalue weighted by molar-refractivity contribution is 0.0527. The molecule has 158 valence electrons. The van der Waals surface area contributed by atoms with Crippen molar-refractivity contribution in [2.24, 2.45) is 0 Å². The molecule has 0 N–H and O–H groups in total. The molecule has 0 saturated heterocycles. The minimum atomic E-state index is -0.444. The van der Waals surface area contributed by atoms with Crippen LogP contribution < -0.4 is 9.47 Å². The summed E-state index contributed by atoms with van der Waals surface area (Å²) in [4.78, 5) is 16.6. The molecule has 0 fully saturated rings. The Kier molecular flexibility index (Phi) is 7.61. The van der Waals surface area contributed by atoms with Crippen molar-refractivity contribution in [1.82, 2.24) is 4.98 Å². The fraction of sp³-hybridized carbons (Fsp3) is 0.240. The van der Waals surface area contributed by atoms with E-state index in [1.807, 2.05) is 24.3 Å². The summed E-state index contributed by atoms with van der Waals surface area (Å²) in [6.07, 6.45) is 3.19. The summed E-state index contributed by atoms with van der Waals surface area (Å²) >= 11 is 0. The summed E-state index contributed by atoms with van der Waals surface area (Å²) in [5.74, 6) is 0.915. The number of nitrogens with zero attached hydrogens (tertiary/aromatic N) is 2. The fourth-order valence-corrected chi connectivity index (χ4v) is 3.25. The summed E-state index contributed by atoms with van der Waals surface area (Å²) in [5, 5.41) is 9.60. The van der Waals surface area contributed by atoms with E-state index >= 15 is 0 Å². The van der Waals surface area contributed by atoms with Crippen LogP contribution in [0.25, 0.3) is 11.3 Å². The molecule has 3 rings (SSSR count). The minimum absolute atomic E-state index is 0.276. The molecule has 0 amide bonds. The van der Waals surface area contributed by atoms with Gasteiger partial charge in [0, 0.05) is 11.8 Å². The quantitative estimate of drug-likeness (QED) is 0.368. The standard InChI is InChI=1S/C25H24N2O4/c1-3-30-25(28)21-10-6-14-27-24(21)19-12-13-23(20(16-19)17-26)31-15-7-9-18-8-4-5-11-22(18)29-2/h4-6,8,10-14,16H,3,7,9,15H2,1-2H3. The van der Waals surface area contributed by atoms with E-state index in [2.05, 4.69) is 11.1 Å². The Labute approximate surface area is 182 Å². The van der Waals surface area contributed by atoms with E-state index in [4.69, 9.17) is 14.2 Å². The van der Waals surface area contributed by atoms with Crippen molar-refractivity contribution in [3.63, 3.8) is 0 Å². The van der Waals surface area contributed by atoms with Gasteiger partial charge in [0.25, 0.3) is 0 Å². The number of carbonyl (C=O) groups is 1. The highest BCUT2D eigenvalue weighted by Crippen LogP contribution is 2.28. The van der Waals surface area contributed by atoms with Crippen LogP contribution in [-0.2, 0) is 11.2 Å². The number of para-hydroxylation sites is 1. The monoisotopic (exact) mass is 416 g/mol. The topological polar surface area (TPSA) is 81.4 Å². The van der Waals surface area contributed by atoms with Gasteiger partial charge in [-0.1, -0.05) is 18.2 Å². The van der Waals surface area contributed by atoms with Crippen LogP contribution in [0.2, 0.25) is 0 Å². The molecule has 0 bridgehead atoms. The summed E-state index contributed by atoms with van der Waals surface area (Å²) in [6.45, 7) is 2.49. The van der Waals surface area contributed by atoms with Crippen molar-refractivity contribution in [2.45, 2.75) is 19.8 Å². The Morgan fingerprint density at radius 2 is 1.94 bits per heavy atom. The molecule has 0 aliphatic rings. The third kappa shape index (κ3) is 5.40. The molecule has 1 aromatic heterocycles. The van der Waals surface area contributed by atoms with E-state index < -0.39 is 5.97 Å². The van der Waals surface area contributed by atoms with Gasteiger partial charge in [0.1, 0.15) is 17.6 Å². The first-order valence-electron chi connectivity index (χ1n) is 10.1. The smallest absolute Gasteiger partial charge is 0.340 e. The molecule has 0 saturated carbocycles. The molecule has 0 aliphatic heterocycles. The predicted molar refractivity (Wildman–Crippen MR) is 117 cm³/mol. The van der Waals surface area contributed by atoms with Crippen LogP contribution in [0, 0.1) is 11.3 Å². The third-order valence-electron chi connectivity index (χ3n) is 4.72. The predicted octanol–water partition coefficient (Wildman–Crippen LogP) is 4.82. The zero-order valence-corrected chi connectivity index (χ0v) is 17.6. The van der Waals surface area contributed by atoms with E-state index in [1.165, 1.54) is 0 Å². The van der Waals surface area contributed by atoms with Gasteiger partial charge >= 0.3 is 5.97 Å². The number of nitriles is 1. The number of aryl methyl sites for hydroxylation is 1. The van der Waals surface area contributed by atoms with Crippen molar-refractivity contribution >= 4 is 5.97 Å².